The maximum Gasteiger partial charge on any atom is 0.233 e. The van der Waals surface area contributed by atoms with Gasteiger partial charge in [0, 0.05) is 12.8 Å². The summed E-state index contributed by atoms with van der Waals surface area (Å²) in [6, 6.07) is 7.07. The van der Waals surface area contributed by atoms with Gasteiger partial charge in [0.05, 0.1) is 31.8 Å². The first-order chi connectivity index (χ1) is 16.1. The van der Waals surface area contributed by atoms with E-state index in [2.05, 4.69) is 25.7 Å². The summed E-state index contributed by atoms with van der Waals surface area (Å²) < 4.78 is 10.4. The number of aromatic nitrogens is 4. The molecule has 0 radical (unpaired) electrons. The van der Waals surface area contributed by atoms with Crippen LogP contribution in [-0.4, -0.2) is 43.6 Å². The van der Waals surface area contributed by atoms with Crippen LogP contribution in [-0.2, 0) is 41.7 Å². The van der Waals surface area contributed by atoms with Crippen LogP contribution in [0.5, 0.6) is 0 Å². The van der Waals surface area contributed by atoms with E-state index in [9.17, 15) is 9.59 Å². The molecule has 4 aromatic heterocycles. The Hall–Kier alpha value is -2.83. The predicted octanol–water partition coefficient (Wildman–Crippen LogP) is 3.63. The standard InChI is InChI=1S/C21H21N5O4S3/c27-14(11-15-3-1-7-29-15)12-20-25-23-18(32-20)5-9-31-10-6-19-24-26-21(33-19)22-17(28)13-16-4-2-8-30-16/h1-4,7-8H,5-6,9-13H2,(H,22,26,28). The quantitative estimate of drug-likeness (QED) is 0.272. The van der Waals surface area contributed by atoms with Crippen molar-refractivity contribution in [2.75, 3.05) is 16.8 Å². The molecule has 0 saturated carbocycles. The lowest BCUT2D eigenvalue weighted by Crippen LogP contribution is -2.13. The Balaban J connectivity index is 1.11. The number of hydrogen-bond donors (Lipinski definition) is 1. The highest BCUT2D eigenvalue weighted by Crippen LogP contribution is 2.19. The number of Topliss-reactive ketones (excluding diaryl/α,β-unsaturated/α-hetero) is 1. The van der Waals surface area contributed by atoms with Crippen molar-refractivity contribution in [2.24, 2.45) is 0 Å². The van der Waals surface area contributed by atoms with Gasteiger partial charge in [-0.1, -0.05) is 11.3 Å². The first-order valence-electron chi connectivity index (χ1n) is 10.2. The van der Waals surface area contributed by atoms with Crippen LogP contribution in [0.3, 0.4) is 0 Å². The van der Waals surface area contributed by atoms with Crippen molar-refractivity contribution in [1.29, 1.82) is 0 Å². The second-order valence-corrected chi connectivity index (χ2v) is 10.4. The van der Waals surface area contributed by atoms with E-state index in [0.29, 0.717) is 16.7 Å². The fraction of sp³-hybridized carbons (Fsp3) is 0.333. The van der Waals surface area contributed by atoms with E-state index >= 15 is 0 Å². The fourth-order valence-corrected chi connectivity index (χ4v) is 5.63. The van der Waals surface area contributed by atoms with Gasteiger partial charge in [-0.3, -0.25) is 9.59 Å². The summed E-state index contributed by atoms with van der Waals surface area (Å²) in [6.07, 6.45) is 5.41. The van der Waals surface area contributed by atoms with Crippen molar-refractivity contribution in [1.82, 2.24) is 20.4 Å². The van der Waals surface area contributed by atoms with Gasteiger partial charge in [-0.2, -0.15) is 11.8 Å². The van der Waals surface area contributed by atoms with Crippen LogP contribution >= 0.6 is 34.4 Å². The Bertz CT molecular complexity index is 1060. The molecule has 4 aromatic rings. The number of carbonyl (C=O) groups is 2. The van der Waals surface area contributed by atoms with Crippen LogP contribution in [0, 0.1) is 0 Å². The molecule has 0 fully saturated rings. The van der Waals surface area contributed by atoms with Crippen LogP contribution in [0.25, 0.3) is 0 Å². The Morgan fingerprint density at radius 1 is 0.818 bits per heavy atom. The number of anilines is 1. The minimum atomic E-state index is -0.180. The molecule has 0 bridgehead atoms. The Labute approximate surface area is 202 Å². The van der Waals surface area contributed by atoms with Crippen LogP contribution in [0.4, 0.5) is 5.13 Å². The third-order valence-electron chi connectivity index (χ3n) is 4.36. The number of furan rings is 2. The van der Waals surface area contributed by atoms with E-state index in [-0.39, 0.29) is 31.0 Å². The van der Waals surface area contributed by atoms with Crippen LogP contribution in [0.1, 0.15) is 26.5 Å². The number of ketones is 1. The van der Waals surface area contributed by atoms with Gasteiger partial charge in [-0.05, 0) is 35.8 Å². The van der Waals surface area contributed by atoms with Gasteiger partial charge < -0.3 is 14.2 Å². The minimum absolute atomic E-state index is 0.0654. The molecule has 33 heavy (non-hydrogen) atoms. The van der Waals surface area contributed by atoms with Gasteiger partial charge in [0.2, 0.25) is 11.0 Å². The summed E-state index contributed by atoms with van der Waals surface area (Å²) in [6.45, 7) is 0. The Morgan fingerprint density at radius 3 is 2.15 bits per heavy atom. The van der Waals surface area contributed by atoms with Crippen molar-refractivity contribution < 1.29 is 18.4 Å². The number of nitrogens with zero attached hydrogens (tertiary/aromatic N) is 4. The van der Waals surface area contributed by atoms with E-state index in [1.807, 2.05) is 0 Å². The maximum absolute atomic E-state index is 12.1. The molecule has 1 amide bonds. The second-order valence-electron chi connectivity index (χ2n) is 6.98. The highest BCUT2D eigenvalue weighted by molar-refractivity contribution is 7.99. The van der Waals surface area contributed by atoms with Crippen molar-refractivity contribution in [2.45, 2.75) is 32.1 Å². The summed E-state index contributed by atoms with van der Waals surface area (Å²) in [5, 5.41) is 22.3. The Morgan fingerprint density at radius 2 is 1.45 bits per heavy atom. The average Bonchev–Trinajstić information content (AvgIpc) is 3.57. The molecule has 0 saturated heterocycles. The first-order valence-corrected chi connectivity index (χ1v) is 13.0. The minimum Gasteiger partial charge on any atom is -0.469 e. The van der Waals surface area contributed by atoms with Gasteiger partial charge in [-0.25, -0.2) is 0 Å². The number of thioether (sulfide) groups is 1. The van der Waals surface area contributed by atoms with Crippen LogP contribution in [0.15, 0.2) is 45.6 Å². The molecule has 9 nitrogen and oxygen atoms in total. The van der Waals surface area contributed by atoms with Gasteiger partial charge in [-0.15, -0.1) is 31.7 Å². The third-order valence-corrected chi connectivity index (χ3v) is 7.22. The highest BCUT2D eigenvalue weighted by atomic mass is 32.2. The first kappa shape index (κ1) is 23.3. The SMILES string of the molecule is O=C(Cc1ccco1)Cc1nnc(CCSCCc2nnc(NC(=O)Cc3ccco3)s2)s1. The molecule has 0 unspecified atom stereocenters. The predicted molar refractivity (Wildman–Crippen MR) is 127 cm³/mol. The van der Waals surface area contributed by atoms with Crippen molar-refractivity contribution in [3.05, 3.63) is 63.3 Å². The lowest BCUT2D eigenvalue weighted by atomic mass is 10.2. The number of amides is 1. The average molecular weight is 504 g/mol. The summed E-state index contributed by atoms with van der Waals surface area (Å²) in [5.41, 5.74) is 0. The normalized spacial score (nSPS) is 11.0. The number of carbonyl (C=O) groups excluding carboxylic acids is 2. The van der Waals surface area contributed by atoms with Gasteiger partial charge >= 0.3 is 0 Å². The highest BCUT2D eigenvalue weighted by Gasteiger charge is 2.12. The summed E-state index contributed by atoms with van der Waals surface area (Å²) >= 11 is 4.66. The molecule has 0 spiro atoms. The molecule has 172 valence electrons. The molecule has 4 heterocycles. The topological polar surface area (TPSA) is 124 Å². The monoisotopic (exact) mass is 503 g/mol. The molecule has 12 heteroatoms. The molecular weight excluding hydrogens is 482 g/mol. The van der Waals surface area contributed by atoms with E-state index < -0.39 is 0 Å². The zero-order chi connectivity index (χ0) is 22.9. The van der Waals surface area contributed by atoms with Crippen molar-refractivity contribution >= 4 is 51.3 Å². The summed E-state index contributed by atoms with van der Waals surface area (Å²) in [4.78, 5) is 24.1. The third kappa shape index (κ3) is 7.62. The summed E-state index contributed by atoms with van der Waals surface area (Å²) in [7, 11) is 0. The fourth-order valence-electron chi connectivity index (χ4n) is 2.86. The zero-order valence-electron chi connectivity index (χ0n) is 17.6. The lowest BCUT2D eigenvalue weighted by molar-refractivity contribution is -0.118. The van der Waals surface area contributed by atoms with Crippen LogP contribution < -0.4 is 5.32 Å². The molecular formula is C21H21N5O4S3. The smallest absolute Gasteiger partial charge is 0.233 e. The molecule has 0 aliphatic carbocycles. The summed E-state index contributed by atoms with van der Waals surface area (Å²) in [5.74, 6) is 2.95. The van der Waals surface area contributed by atoms with Crippen LogP contribution in [0.2, 0.25) is 0 Å². The number of aryl methyl sites for hydroxylation is 2. The Kier molecular flexibility index (Phi) is 8.39. The van der Waals surface area contributed by atoms with E-state index in [1.165, 1.54) is 28.9 Å². The molecule has 0 atom stereocenters. The van der Waals surface area contributed by atoms with Gasteiger partial charge in [0.15, 0.2) is 0 Å². The van der Waals surface area contributed by atoms with Gasteiger partial charge in [0.1, 0.15) is 32.3 Å². The second kappa shape index (κ2) is 11.9. The molecule has 0 aliphatic rings. The molecule has 0 aromatic carbocycles. The maximum atomic E-state index is 12.1. The number of nitrogens with one attached hydrogen (secondary N) is 1. The molecule has 1 N–H and O–H groups in total. The number of hydrogen-bond acceptors (Lipinski definition) is 11. The van der Waals surface area contributed by atoms with E-state index in [0.717, 1.165) is 39.4 Å². The van der Waals surface area contributed by atoms with E-state index in [1.54, 1.807) is 42.3 Å². The molecule has 4 rings (SSSR count). The van der Waals surface area contributed by atoms with Crippen molar-refractivity contribution in [3.8, 4) is 0 Å². The number of rotatable bonds is 13. The zero-order valence-corrected chi connectivity index (χ0v) is 20.0. The molecule has 0 aliphatic heterocycles. The van der Waals surface area contributed by atoms with Gasteiger partial charge in [0.25, 0.3) is 0 Å². The van der Waals surface area contributed by atoms with Crippen molar-refractivity contribution in [3.63, 3.8) is 0 Å². The van der Waals surface area contributed by atoms with E-state index in [4.69, 9.17) is 8.83 Å². The largest absolute Gasteiger partial charge is 0.469 e. The lowest BCUT2D eigenvalue weighted by Gasteiger charge is -1.98.